The third-order valence-corrected chi connectivity index (χ3v) is 5.15. The fourth-order valence-corrected chi connectivity index (χ4v) is 3.79. The van der Waals surface area contributed by atoms with E-state index in [-0.39, 0.29) is 18.3 Å². The summed E-state index contributed by atoms with van der Waals surface area (Å²) in [6.45, 7) is 0.210. The molecule has 8 heteroatoms. The molecule has 7 nitrogen and oxygen atoms in total. The summed E-state index contributed by atoms with van der Waals surface area (Å²) in [6.07, 6.45) is 0. The van der Waals surface area contributed by atoms with Crippen LogP contribution in [0.25, 0.3) is 22.2 Å². The van der Waals surface area contributed by atoms with Crippen LogP contribution in [0, 0.1) is 0 Å². The van der Waals surface area contributed by atoms with E-state index in [0.717, 1.165) is 11.3 Å². The van der Waals surface area contributed by atoms with Gasteiger partial charge in [-0.05, 0) is 24.3 Å². The van der Waals surface area contributed by atoms with Gasteiger partial charge in [0.25, 0.3) is 5.91 Å². The Labute approximate surface area is 162 Å². The Kier molecular flexibility index (Phi) is 3.84. The number of fused-ring (bicyclic) bond motifs is 2. The quantitative estimate of drug-likeness (QED) is 0.556. The molecule has 5 rings (SSSR count). The number of anilines is 1. The summed E-state index contributed by atoms with van der Waals surface area (Å²) in [4.78, 5) is 31.8. The van der Waals surface area contributed by atoms with Crippen LogP contribution in [0.3, 0.4) is 0 Å². The first-order valence-electron chi connectivity index (χ1n) is 8.46. The molecule has 0 bridgehead atoms. The molecule has 138 valence electrons. The molecule has 0 atom stereocenters. The fourth-order valence-electron chi connectivity index (χ4n) is 3.08. The number of thiazole rings is 1. The molecule has 28 heavy (non-hydrogen) atoms. The van der Waals surface area contributed by atoms with Gasteiger partial charge in [-0.15, -0.1) is 11.3 Å². The van der Waals surface area contributed by atoms with Crippen molar-refractivity contribution in [1.82, 2.24) is 9.97 Å². The maximum atomic E-state index is 12.7. The van der Waals surface area contributed by atoms with Gasteiger partial charge < -0.3 is 14.5 Å². The summed E-state index contributed by atoms with van der Waals surface area (Å²) in [6, 6.07) is 14.0. The van der Waals surface area contributed by atoms with Gasteiger partial charge in [0.05, 0.1) is 11.3 Å². The molecule has 0 aliphatic carbocycles. The van der Waals surface area contributed by atoms with Crippen LogP contribution in [0.2, 0.25) is 0 Å². The van der Waals surface area contributed by atoms with Gasteiger partial charge in [-0.2, -0.15) is 0 Å². The first kappa shape index (κ1) is 16.5. The number of carbonyl (C=O) groups excluding carboxylic acids is 1. The highest BCUT2D eigenvalue weighted by Gasteiger charge is 2.17. The van der Waals surface area contributed by atoms with Crippen LogP contribution in [0.4, 0.5) is 5.13 Å². The van der Waals surface area contributed by atoms with Crippen molar-refractivity contribution in [3.63, 3.8) is 0 Å². The number of nitrogens with one attached hydrogen (secondary N) is 2. The molecule has 4 aromatic rings. The summed E-state index contributed by atoms with van der Waals surface area (Å²) in [5.74, 6) is 0.994. The molecule has 1 aliphatic rings. The van der Waals surface area contributed by atoms with E-state index in [2.05, 4.69) is 15.3 Å². The van der Waals surface area contributed by atoms with E-state index >= 15 is 0 Å². The molecule has 0 saturated heterocycles. The number of amides is 1. The first-order valence-corrected chi connectivity index (χ1v) is 9.34. The molecule has 0 saturated carbocycles. The molecular weight excluding hydrogens is 378 g/mol. The highest BCUT2D eigenvalue weighted by Crippen LogP contribution is 2.36. The lowest BCUT2D eigenvalue weighted by Crippen LogP contribution is -2.16. The fraction of sp³-hybridized carbons (Fsp3) is 0.0500. The van der Waals surface area contributed by atoms with Crippen molar-refractivity contribution in [2.75, 3.05) is 12.1 Å². The molecule has 3 heterocycles. The zero-order chi connectivity index (χ0) is 19.1. The Morgan fingerprint density at radius 3 is 2.89 bits per heavy atom. The Morgan fingerprint density at radius 2 is 1.96 bits per heavy atom. The van der Waals surface area contributed by atoms with E-state index in [4.69, 9.17) is 9.47 Å². The van der Waals surface area contributed by atoms with Gasteiger partial charge in [-0.1, -0.05) is 18.2 Å². The Hall–Kier alpha value is -3.65. The van der Waals surface area contributed by atoms with Crippen LogP contribution in [0.1, 0.15) is 10.4 Å². The number of aromatic amines is 1. The van der Waals surface area contributed by atoms with Crippen molar-refractivity contribution < 1.29 is 14.3 Å². The summed E-state index contributed by atoms with van der Waals surface area (Å²) in [5.41, 5.74) is 2.17. The predicted molar refractivity (Wildman–Crippen MR) is 106 cm³/mol. The highest BCUT2D eigenvalue weighted by atomic mass is 32.1. The largest absolute Gasteiger partial charge is 0.454 e. The molecule has 0 fully saturated rings. The zero-order valence-corrected chi connectivity index (χ0v) is 15.2. The number of hydrogen-bond acceptors (Lipinski definition) is 6. The van der Waals surface area contributed by atoms with Crippen LogP contribution >= 0.6 is 11.3 Å². The Bertz CT molecular complexity index is 1280. The third kappa shape index (κ3) is 2.89. The summed E-state index contributed by atoms with van der Waals surface area (Å²) >= 11 is 1.31. The lowest BCUT2D eigenvalue weighted by atomic mass is 10.1. The number of hydrogen-bond donors (Lipinski definition) is 2. The number of benzene rings is 2. The van der Waals surface area contributed by atoms with Gasteiger partial charge in [0, 0.05) is 27.9 Å². The molecule has 1 aliphatic heterocycles. The van der Waals surface area contributed by atoms with E-state index in [1.807, 2.05) is 29.6 Å². The van der Waals surface area contributed by atoms with E-state index in [9.17, 15) is 9.59 Å². The number of H-pyrrole nitrogens is 1. The van der Waals surface area contributed by atoms with Gasteiger partial charge in [0.2, 0.25) is 12.4 Å². The van der Waals surface area contributed by atoms with Gasteiger partial charge in [0.1, 0.15) is 0 Å². The van der Waals surface area contributed by atoms with Crippen molar-refractivity contribution in [2.24, 2.45) is 0 Å². The minimum Gasteiger partial charge on any atom is -0.454 e. The number of pyridine rings is 1. The van der Waals surface area contributed by atoms with Gasteiger partial charge in [0.15, 0.2) is 16.6 Å². The number of rotatable bonds is 3. The van der Waals surface area contributed by atoms with E-state index in [1.54, 1.807) is 18.2 Å². The number of aromatic nitrogens is 2. The van der Waals surface area contributed by atoms with E-state index in [1.165, 1.54) is 17.4 Å². The second kappa shape index (κ2) is 6.50. The number of para-hydroxylation sites is 1. The molecule has 2 aromatic carbocycles. The smallest absolute Gasteiger partial charge is 0.258 e. The maximum Gasteiger partial charge on any atom is 0.258 e. The number of nitrogens with zero attached hydrogens (tertiary/aromatic N) is 1. The monoisotopic (exact) mass is 391 g/mol. The van der Waals surface area contributed by atoms with Crippen LogP contribution < -0.4 is 20.3 Å². The average molecular weight is 391 g/mol. The van der Waals surface area contributed by atoms with E-state index in [0.29, 0.717) is 33.1 Å². The first-order chi connectivity index (χ1) is 13.7. The number of carbonyl (C=O) groups is 1. The maximum absolute atomic E-state index is 12.7. The van der Waals surface area contributed by atoms with Crippen molar-refractivity contribution in [1.29, 1.82) is 0 Å². The average Bonchev–Trinajstić information content (AvgIpc) is 3.35. The zero-order valence-electron chi connectivity index (χ0n) is 14.4. The second-order valence-electron chi connectivity index (χ2n) is 6.15. The Balaban J connectivity index is 1.43. The standard InChI is InChI=1S/C20H13N3O4S/c24-18-8-13(12-3-1-2-4-14(12)21-18)19(25)23-20-22-15(9-28-20)11-5-6-16-17(7-11)27-10-26-16/h1-9H,10H2,(H,21,24)(H,22,23,25). The number of ether oxygens (including phenoxy) is 2. The molecule has 1 amide bonds. The van der Waals surface area contributed by atoms with Crippen molar-refractivity contribution in [3.8, 4) is 22.8 Å². The Morgan fingerprint density at radius 1 is 1.11 bits per heavy atom. The van der Waals surface area contributed by atoms with Crippen molar-refractivity contribution >= 4 is 33.3 Å². The van der Waals surface area contributed by atoms with Crippen LogP contribution in [0.5, 0.6) is 11.5 Å². The molecular formula is C20H13N3O4S. The normalized spacial score (nSPS) is 12.3. The minimum atomic E-state index is -0.381. The highest BCUT2D eigenvalue weighted by molar-refractivity contribution is 7.14. The lowest BCUT2D eigenvalue weighted by molar-refractivity contribution is 0.102. The van der Waals surface area contributed by atoms with Gasteiger partial charge in [-0.3, -0.25) is 14.9 Å². The van der Waals surface area contributed by atoms with Gasteiger partial charge in [-0.25, -0.2) is 4.98 Å². The van der Waals surface area contributed by atoms with Crippen molar-refractivity contribution in [2.45, 2.75) is 0 Å². The molecule has 0 radical (unpaired) electrons. The van der Waals surface area contributed by atoms with Crippen LogP contribution in [-0.2, 0) is 0 Å². The van der Waals surface area contributed by atoms with Crippen LogP contribution in [0.15, 0.2) is 58.7 Å². The predicted octanol–water partition coefficient (Wildman–Crippen LogP) is 3.63. The summed E-state index contributed by atoms with van der Waals surface area (Å²) in [5, 5.41) is 5.75. The molecule has 2 aromatic heterocycles. The van der Waals surface area contributed by atoms with Crippen LogP contribution in [-0.4, -0.2) is 22.7 Å². The second-order valence-corrected chi connectivity index (χ2v) is 7.01. The SMILES string of the molecule is O=C(Nc1nc(-c2ccc3c(c2)OCO3)cs1)c1cc(=O)[nH]c2ccccc12. The van der Waals surface area contributed by atoms with E-state index < -0.39 is 0 Å². The third-order valence-electron chi connectivity index (χ3n) is 4.39. The topological polar surface area (TPSA) is 93.3 Å². The summed E-state index contributed by atoms with van der Waals surface area (Å²) < 4.78 is 10.7. The minimum absolute atomic E-state index is 0.210. The molecule has 0 unspecified atom stereocenters. The van der Waals surface area contributed by atoms with Gasteiger partial charge >= 0.3 is 0 Å². The molecule has 2 N–H and O–H groups in total. The van der Waals surface area contributed by atoms with Crippen molar-refractivity contribution in [3.05, 3.63) is 69.8 Å². The molecule has 0 spiro atoms. The lowest BCUT2D eigenvalue weighted by Gasteiger charge is -2.05. The summed E-state index contributed by atoms with van der Waals surface area (Å²) in [7, 11) is 0.